The molecule has 0 fully saturated rings. The average molecular weight is 582 g/mol. The van der Waals surface area contributed by atoms with Gasteiger partial charge in [0.15, 0.2) is 4.80 Å². The first-order chi connectivity index (χ1) is 17.7. The van der Waals surface area contributed by atoms with Crippen LogP contribution in [0.25, 0.3) is 6.08 Å². The molecule has 1 aromatic heterocycles. The molecule has 0 spiro atoms. The third-order valence-electron chi connectivity index (χ3n) is 5.72. The Labute approximate surface area is 231 Å². The average Bonchev–Trinajstić information content (AvgIpc) is 3.16. The molecule has 11 heteroatoms. The molecule has 2 heterocycles. The fraction of sp³-hybridized carbons (Fsp3) is 0.269. The Balaban J connectivity index is 2.08. The summed E-state index contributed by atoms with van der Waals surface area (Å²) in [7, 11) is 1.50. The number of ether oxygens (including phenoxy) is 2. The van der Waals surface area contributed by atoms with Crippen molar-refractivity contribution in [1.82, 2.24) is 4.57 Å². The molecule has 1 aliphatic heterocycles. The van der Waals surface area contributed by atoms with E-state index in [4.69, 9.17) is 49.3 Å². The minimum atomic E-state index is -0.899. The Kier molecular flexibility index (Phi) is 8.33. The van der Waals surface area contributed by atoms with Crippen LogP contribution in [0.2, 0.25) is 15.1 Å². The van der Waals surface area contributed by atoms with Crippen LogP contribution in [-0.4, -0.2) is 29.4 Å². The molecule has 1 atom stereocenters. The van der Waals surface area contributed by atoms with Gasteiger partial charge in [-0.1, -0.05) is 59.5 Å². The normalized spacial score (nSPS) is 15.4. The summed E-state index contributed by atoms with van der Waals surface area (Å²) in [4.78, 5) is 32.2. The number of carbonyl (C=O) groups is 1. The SMILES string of the molecule is CCCC1=C(C(=O)OCC)[C@H](c2cc(Cl)ccc2OC)n2c(s/c(=C/c3cc(Cl)cc(Cl)c3O)c2=O)=N1. The highest BCUT2D eigenvalue weighted by Crippen LogP contribution is 2.38. The molecule has 1 N–H and O–H groups in total. The zero-order valence-electron chi connectivity index (χ0n) is 20.2. The molecule has 1 aliphatic rings. The van der Waals surface area contributed by atoms with Gasteiger partial charge in [-0.15, -0.1) is 0 Å². The van der Waals surface area contributed by atoms with Crippen molar-refractivity contribution < 1.29 is 19.4 Å². The van der Waals surface area contributed by atoms with Crippen molar-refractivity contribution in [3.05, 3.63) is 87.5 Å². The summed E-state index contributed by atoms with van der Waals surface area (Å²) in [5.74, 6) is -0.332. The van der Waals surface area contributed by atoms with E-state index in [1.807, 2.05) is 6.92 Å². The number of allylic oxidation sites excluding steroid dienone is 1. The van der Waals surface area contributed by atoms with Crippen LogP contribution in [0.15, 0.2) is 51.4 Å². The predicted octanol–water partition coefficient (Wildman–Crippen LogP) is 5.25. The lowest BCUT2D eigenvalue weighted by atomic mass is 9.93. The van der Waals surface area contributed by atoms with Crippen molar-refractivity contribution in [2.75, 3.05) is 13.7 Å². The van der Waals surface area contributed by atoms with E-state index in [0.717, 1.165) is 11.3 Å². The highest BCUT2D eigenvalue weighted by molar-refractivity contribution is 7.07. The Morgan fingerprint density at radius 1 is 1.19 bits per heavy atom. The summed E-state index contributed by atoms with van der Waals surface area (Å²) in [5, 5.41) is 11.2. The standard InChI is InChI=1S/C26H23Cl3N2O5S/c1-4-6-18-21(25(34)36-5-2)22(16-11-14(27)7-8-19(16)35-3)31-24(33)20(37-26(31)30-18)10-13-9-15(28)12-17(29)23(13)32/h7-12,22,32H,4-6H2,1-3H3/b20-10+/t22-/m0/s1. The highest BCUT2D eigenvalue weighted by Gasteiger charge is 2.36. The van der Waals surface area contributed by atoms with Crippen LogP contribution < -0.4 is 19.6 Å². The molecule has 0 saturated carbocycles. The molecule has 0 amide bonds. The second kappa shape index (κ2) is 11.3. The monoisotopic (exact) mass is 580 g/mol. The van der Waals surface area contributed by atoms with Gasteiger partial charge in [-0.3, -0.25) is 9.36 Å². The number of carbonyl (C=O) groups excluding carboxylic acids is 1. The van der Waals surface area contributed by atoms with E-state index in [-0.39, 0.29) is 33.0 Å². The van der Waals surface area contributed by atoms with Crippen LogP contribution in [0.3, 0.4) is 0 Å². The second-order valence-electron chi connectivity index (χ2n) is 8.13. The number of aromatic hydroxyl groups is 1. The van der Waals surface area contributed by atoms with Gasteiger partial charge in [0.05, 0.1) is 34.5 Å². The second-order valence-corrected chi connectivity index (χ2v) is 10.4. The van der Waals surface area contributed by atoms with E-state index in [1.54, 1.807) is 25.1 Å². The largest absolute Gasteiger partial charge is 0.506 e. The van der Waals surface area contributed by atoms with Crippen LogP contribution >= 0.6 is 46.1 Å². The van der Waals surface area contributed by atoms with Gasteiger partial charge >= 0.3 is 5.97 Å². The van der Waals surface area contributed by atoms with Gasteiger partial charge in [0.2, 0.25) is 0 Å². The molecule has 7 nitrogen and oxygen atoms in total. The van der Waals surface area contributed by atoms with Crippen LogP contribution in [0.1, 0.15) is 43.9 Å². The Morgan fingerprint density at radius 2 is 1.95 bits per heavy atom. The molecule has 0 bridgehead atoms. The topological polar surface area (TPSA) is 90.1 Å². The number of phenolic OH excluding ortho intramolecular Hbond substituents is 1. The molecule has 3 aromatic rings. The number of hydrogen-bond acceptors (Lipinski definition) is 7. The number of fused-ring (bicyclic) bond motifs is 1. The third kappa shape index (κ3) is 5.29. The zero-order chi connectivity index (χ0) is 26.9. The van der Waals surface area contributed by atoms with Gasteiger partial charge < -0.3 is 14.6 Å². The molecule has 0 radical (unpaired) electrons. The number of rotatable bonds is 7. The third-order valence-corrected chi connectivity index (χ3v) is 7.45. The smallest absolute Gasteiger partial charge is 0.338 e. The Morgan fingerprint density at radius 3 is 2.62 bits per heavy atom. The number of methoxy groups -OCH3 is 1. The number of benzene rings is 2. The lowest BCUT2D eigenvalue weighted by Gasteiger charge is -2.27. The van der Waals surface area contributed by atoms with Gasteiger partial charge in [0.25, 0.3) is 5.56 Å². The van der Waals surface area contributed by atoms with Gasteiger partial charge in [-0.25, -0.2) is 9.79 Å². The number of nitrogens with zero attached hydrogens (tertiary/aromatic N) is 2. The molecule has 0 aliphatic carbocycles. The maximum atomic E-state index is 13.8. The molecule has 194 valence electrons. The van der Waals surface area contributed by atoms with Crippen molar-refractivity contribution >= 4 is 58.2 Å². The first-order valence-electron chi connectivity index (χ1n) is 11.4. The number of aromatic nitrogens is 1. The fourth-order valence-corrected chi connectivity index (χ4v) is 5.87. The number of esters is 1. The van der Waals surface area contributed by atoms with Gasteiger partial charge in [0, 0.05) is 21.2 Å². The van der Waals surface area contributed by atoms with Crippen molar-refractivity contribution in [2.45, 2.75) is 32.7 Å². The molecular formula is C26H23Cl3N2O5S. The fourth-order valence-electron chi connectivity index (χ4n) is 4.17. The first kappa shape index (κ1) is 27.3. The van der Waals surface area contributed by atoms with Gasteiger partial charge in [-0.2, -0.15) is 0 Å². The Bertz CT molecular complexity index is 1590. The summed E-state index contributed by atoms with van der Waals surface area (Å²) in [6, 6.07) is 7.03. The summed E-state index contributed by atoms with van der Waals surface area (Å²) in [6.45, 7) is 3.84. The quantitative estimate of drug-likeness (QED) is 0.385. The van der Waals surface area contributed by atoms with Crippen molar-refractivity contribution in [3.63, 3.8) is 0 Å². The minimum absolute atomic E-state index is 0.0582. The van der Waals surface area contributed by atoms with Crippen molar-refractivity contribution in [3.8, 4) is 11.5 Å². The summed E-state index contributed by atoms with van der Waals surface area (Å²) >= 11 is 19.7. The minimum Gasteiger partial charge on any atom is -0.506 e. The maximum Gasteiger partial charge on any atom is 0.338 e. The van der Waals surface area contributed by atoms with E-state index in [2.05, 4.69) is 0 Å². The molecule has 2 aromatic carbocycles. The number of phenols is 1. The Hall–Kier alpha value is -2.78. The molecule has 4 rings (SSSR count). The van der Waals surface area contributed by atoms with E-state index in [0.29, 0.717) is 44.7 Å². The van der Waals surface area contributed by atoms with Crippen LogP contribution in [0.4, 0.5) is 0 Å². The molecule has 37 heavy (non-hydrogen) atoms. The predicted molar refractivity (Wildman–Crippen MR) is 146 cm³/mol. The number of thiazole rings is 1. The van der Waals surface area contributed by atoms with Crippen LogP contribution in [-0.2, 0) is 9.53 Å². The van der Waals surface area contributed by atoms with Crippen molar-refractivity contribution in [1.29, 1.82) is 0 Å². The zero-order valence-corrected chi connectivity index (χ0v) is 23.3. The van der Waals surface area contributed by atoms with E-state index < -0.39 is 17.6 Å². The molecule has 0 saturated heterocycles. The van der Waals surface area contributed by atoms with Crippen LogP contribution in [0, 0.1) is 0 Å². The van der Waals surface area contributed by atoms with Gasteiger partial charge in [0.1, 0.15) is 17.5 Å². The maximum absolute atomic E-state index is 13.8. The molecular weight excluding hydrogens is 559 g/mol. The van der Waals surface area contributed by atoms with Crippen LogP contribution in [0.5, 0.6) is 11.5 Å². The number of halogens is 3. The van der Waals surface area contributed by atoms with E-state index >= 15 is 0 Å². The van der Waals surface area contributed by atoms with E-state index in [1.165, 1.54) is 29.9 Å². The highest BCUT2D eigenvalue weighted by atomic mass is 35.5. The summed E-state index contributed by atoms with van der Waals surface area (Å²) < 4.78 is 12.7. The lowest BCUT2D eigenvalue weighted by Crippen LogP contribution is -2.40. The lowest BCUT2D eigenvalue weighted by molar-refractivity contribution is -0.139. The first-order valence-corrected chi connectivity index (χ1v) is 13.4. The summed E-state index contributed by atoms with van der Waals surface area (Å²) in [5.41, 5.74) is 1.14. The van der Waals surface area contributed by atoms with E-state index in [9.17, 15) is 14.7 Å². The number of hydrogen-bond donors (Lipinski definition) is 1. The molecule has 0 unspecified atom stereocenters. The summed E-state index contributed by atoms with van der Waals surface area (Å²) in [6.07, 6.45) is 2.70. The van der Waals surface area contributed by atoms with Gasteiger partial charge in [-0.05, 0) is 49.8 Å². The van der Waals surface area contributed by atoms with Crippen molar-refractivity contribution in [2.24, 2.45) is 4.99 Å².